The van der Waals surface area contributed by atoms with E-state index in [0.717, 1.165) is 24.6 Å². The minimum Gasteiger partial charge on any atom is -0.494 e. The summed E-state index contributed by atoms with van der Waals surface area (Å²) in [5, 5.41) is 7.02. The number of nitrogens with two attached hydrogens (primary N) is 1. The van der Waals surface area contributed by atoms with Gasteiger partial charge in [-0.15, -0.1) is 0 Å². The van der Waals surface area contributed by atoms with Gasteiger partial charge < -0.3 is 25.2 Å². The van der Waals surface area contributed by atoms with Crippen molar-refractivity contribution in [3.8, 4) is 28.4 Å². The summed E-state index contributed by atoms with van der Waals surface area (Å²) in [5.74, 6) is 1.19. The number of aryl methyl sites for hydroxylation is 2. The Morgan fingerprint density at radius 3 is 2.54 bits per heavy atom. The number of nitrogen functional groups attached to an aromatic ring is 1. The number of anilines is 1. The van der Waals surface area contributed by atoms with Crippen molar-refractivity contribution in [1.82, 2.24) is 25.3 Å². The Labute approximate surface area is 218 Å². The number of likely N-dealkylation sites (tertiary alicyclic amines) is 1. The maximum absolute atomic E-state index is 14.5. The summed E-state index contributed by atoms with van der Waals surface area (Å²) in [7, 11) is 1.88. The second kappa shape index (κ2) is 12.5. The van der Waals surface area contributed by atoms with Crippen LogP contribution in [0.15, 0.2) is 22.7 Å². The first kappa shape index (κ1) is 27.0. The van der Waals surface area contributed by atoms with Crippen molar-refractivity contribution < 1.29 is 13.7 Å². The molecule has 0 unspecified atom stereocenters. The van der Waals surface area contributed by atoms with E-state index in [1.165, 1.54) is 51.3 Å². The van der Waals surface area contributed by atoms with Crippen molar-refractivity contribution in [3.63, 3.8) is 0 Å². The molecule has 0 spiro atoms. The third-order valence-electron chi connectivity index (χ3n) is 6.93. The van der Waals surface area contributed by atoms with Crippen molar-refractivity contribution in [3.05, 3.63) is 41.0 Å². The number of rotatable bonds is 8. The Kier molecular flexibility index (Phi) is 9.10. The number of benzene rings is 1. The lowest BCUT2D eigenvalue weighted by molar-refractivity contribution is 0.219. The first-order valence-corrected chi connectivity index (χ1v) is 13.3. The molecule has 0 atom stereocenters. The molecule has 2 aromatic heterocycles. The number of hydrogen-bond donors (Lipinski definition) is 2. The van der Waals surface area contributed by atoms with Gasteiger partial charge in [0.1, 0.15) is 23.1 Å². The molecule has 1 saturated heterocycles. The van der Waals surface area contributed by atoms with Gasteiger partial charge in [0.25, 0.3) is 0 Å². The maximum atomic E-state index is 14.5. The molecule has 8 nitrogen and oxygen atoms in total. The molecule has 2 aliphatic rings. The minimum absolute atomic E-state index is 0.191. The summed E-state index contributed by atoms with van der Waals surface area (Å²) >= 11 is 0. The minimum atomic E-state index is -0.449. The summed E-state index contributed by atoms with van der Waals surface area (Å²) in [6.45, 7) is 9.59. The fourth-order valence-corrected chi connectivity index (χ4v) is 4.65. The molecule has 1 saturated carbocycles. The fourth-order valence-electron chi connectivity index (χ4n) is 4.65. The zero-order valence-electron chi connectivity index (χ0n) is 22.4. The summed E-state index contributed by atoms with van der Waals surface area (Å²) in [4.78, 5) is 11.5. The maximum Gasteiger partial charge on any atom is 0.165 e. The van der Waals surface area contributed by atoms with Gasteiger partial charge in [-0.2, -0.15) is 0 Å². The molecule has 1 aliphatic carbocycles. The monoisotopic (exact) mass is 510 g/mol. The zero-order valence-corrected chi connectivity index (χ0v) is 22.4. The van der Waals surface area contributed by atoms with E-state index in [0.29, 0.717) is 35.1 Å². The molecular weight excluding hydrogens is 471 g/mol. The molecule has 9 heteroatoms. The molecule has 0 bridgehead atoms. The zero-order chi connectivity index (χ0) is 26.4. The number of halogens is 1. The van der Waals surface area contributed by atoms with Crippen LogP contribution in [0.5, 0.6) is 5.75 Å². The third-order valence-corrected chi connectivity index (χ3v) is 6.93. The lowest BCUT2D eigenvalue weighted by Gasteiger charge is -2.25. The second-order valence-corrected chi connectivity index (χ2v) is 9.88. The standard InChI is InChI=1S/C20H24FN5O2.C8H15N/c1-11-18(17-12(2)26-28-13(17)3)24-20(25-19(11)22)15-10-14(6-7-16(15)21)27-9-5-8-23-4;1-2-6-9(7-3-1)8-4-5-8/h6-7,10,23H,5,8-9H2,1-4H3,(H2,22,24,25);8H,1-7H2. The van der Waals surface area contributed by atoms with Crippen LogP contribution >= 0.6 is 0 Å². The number of piperidine rings is 1. The van der Waals surface area contributed by atoms with E-state index in [2.05, 4.69) is 25.3 Å². The molecule has 3 aromatic rings. The number of ether oxygens (including phenoxy) is 1. The van der Waals surface area contributed by atoms with Crippen LogP contribution in [-0.4, -0.2) is 59.4 Å². The summed E-state index contributed by atoms with van der Waals surface area (Å²) < 4.78 is 25.5. The van der Waals surface area contributed by atoms with Crippen molar-refractivity contribution >= 4 is 5.82 Å². The first-order valence-electron chi connectivity index (χ1n) is 13.3. The largest absolute Gasteiger partial charge is 0.494 e. The lowest BCUT2D eigenvalue weighted by Crippen LogP contribution is -2.31. The van der Waals surface area contributed by atoms with Crippen molar-refractivity contribution in [2.75, 3.05) is 39.0 Å². The fraction of sp³-hybridized carbons (Fsp3) is 0.536. The molecule has 200 valence electrons. The van der Waals surface area contributed by atoms with Gasteiger partial charge in [-0.3, -0.25) is 0 Å². The van der Waals surface area contributed by atoms with Crippen LogP contribution in [-0.2, 0) is 0 Å². The Bertz CT molecular complexity index is 1170. The molecule has 37 heavy (non-hydrogen) atoms. The average molecular weight is 511 g/mol. The normalized spacial score (nSPS) is 15.8. The SMILES string of the molecule is C1CCN(C2CC2)CC1.CNCCCOc1ccc(F)c(-c2nc(N)c(C)c(-c3c(C)noc3C)n2)c1. The predicted octanol–water partition coefficient (Wildman–Crippen LogP) is 5.07. The highest BCUT2D eigenvalue weighted by Gasteiger charge is 2.29. The van der Waals surface area contributed by atoms with Crippen LogP contribution in [0.25, 0.3) is 22.6 Å². The van der Waals surface area contributed by atoms with E-state index in [1.54, 1.807) is 19.1 Å². The molecule has 5 rings (SSSR count). The van der Waals surface area contributed by atoms with Crippen molar-refractivity contribution in [2.24, 2.45) is 0 Å². The molecule has 0 amide bonds. The van der Waals surface area contributed by atoms with Crippen LogP contribution in [0, 0.1) is 26.6 Å². The Morgan fingerprint density at radius 2 is 1.89 bits per heavy atom. The number of nitrogens with zero attached hydrogens (tertiary/aromatic N) is 4. The Balaban J connectivity index is 0.000000295. The number of nitrogens with one attached hydrogen (secondary N) is 1. The van der Waals surface area contributed by atoms with E-state index in [4.69, 9.17) is 15.0 Å². The van der Waals surface area contributed by atoms with Crippen LogP contribution in [0.2, 0.25) is 0 Å². The van der Waals surface area contributed by atoms with Gasteiger partial charge in [-0.05, 0) is 97.8 Å². The smallest absolute Gasteiger partial charge is 0.165 e. The van der Waals surface area contributed by atoms with Crippen LogP contribution in [0.1, 0.15) is 55.5 Å². The average Bonchev–Trinajstić information content (AvgIpc) is 3.70. The van der Waals surface area contributed by atoms with Crippen LogP contribution in [0.3, 0.4) is 0 Å². The summed E-state index contributed by atoms with van der Waals surface area (Å²) in [6.07, 6.45) is 8.20. The number of aromatic nitrogens is 3. The van der Waals surface area contributed by atoms with Gasteiger partial charge in [0.05, 0.1) is 29.1 Å². The van der Waals surface area contributed by atoms with Gasteiger partial charge in [0.15, 0.2) is 5.82 Å². The van der Waals surface area contributed by atoms with Crippen LogP contribution in [0.4, 0.5) is 10.2 Å². The van der Waals surface area contributed by atoms with Gasteiger partial charge in [0.2, 0.25) is 0 Å². The highest BCUT2D eigenvalue weighted by Crippen LogP contribution is 2.33. The predicted molar refractivity (Wildman–Crippen MR) is 144 cm³/mol. The van der Waals surface area contributed by atoms with E-state index < -0.39 is 5.82 Å². The van der Waals surface area contributed by atoms with Gasteiger partial charge in [-0.25, -0.2) is 14.4 Å². The van der Waals surface area contributed by atoms with E-state index in [-0.39, 0.29) is 17.2 Å². The molecule has 0 radical (unpaired) electrons. The molecule has 1 aliphatic heterocycles. The summed E-state index contributed by atoms with van der Waals surface area (Å²) in [5.41, 5.74) is 9.04. The molecule has 3 heterocycles. The van der Waals surface area contributed by atoms with E-state index in [1.807, 2.05) is 20.9 Å². The molecule has 3 N–H and O–H groups in total. The topological polar surface area (TPSA) is 102 Å². The highest BCUT2D eigenvalue weighted by atomic mass is 19.1. The van der Waals surface area contributed by atoms with Gasteiger partial charge >= 0.3 is 0 Å². The van der Waals surface area contributed by atoms with Crippen molar-refractivity contribution in [2.45, 2.75) is 65.3 Å². The van der Waals surface area contributed by atoms with Gasteiger partial charge in [-0.1, -0.05) is 11.6 Å². The van der Waals surface area contributed by atoms with Crippen molar-refractivity contribution in [1.29, 1.82) is 0 Å². The van der Waals surface area contributed by atoms with Crippen LogP contribution < -0.4 is 15.8 Å². The second-order valence-electron chi connectivity index (χ2n) is 9.88. The Morgan fingerprint density at radius 1 is 1.14 bits per heavy atom. The highest BCUT2D eigenvalue weighted by molar-refractivity contribution is 5.74. The van der Waals surface area contributed by atoms with E-state index in [9.17, 15) is 4.39 Å². The first-order chi connectivity index (χ1) is 17.9. The quantitative estimate of drug-likeness (QED) is 0.405. The molecule has 2 fully saturated rings. The number of hydrogen-bond acceptors (Lipinski definition) is 8. The van der Waals surface area contributed by atoms with Gasteiger partial charge in [0, 0.05) is 11.6 Å². The molecular formula is C28H39FN6O2. The molecule has 1 aromatic carbocycles. The third kappa shape index (κ3) is 6.84. The Hall–Kier alpha value is -3.04. The van der Waals surface area contributed by atoms with E-state index >= 15 is 0 Å². The lowest BCUT2D eigenvalue weighted by atomic mass is 10.0. The summed E-state index contributed by atoms with van der Waals surface area (Å²) in [6, 6.07) is 5.55.